The smallest absolute Gasteiger partial charge is 0.417 e. The van der Waals surface area contributed by atoms with Crippen molar-refractivity contribution in [3.63, 3.8) is 0 Å². The maximum absolute atomic E-state index is 12.9. The number of nitrogens with one attached hydrogen (secondary N) is 2. The normalized spacial score (nSPS) is 16.9. The van der Waals surface area contributed by atoms with Crippen molar-refractivity contribution in [2.75, 3.05) is 10.0 Å². The summed E-state index contributed by atoms with van der Waals surface area (Å²) in [6.45, 7) is 1.55. The van der Waals surface area contributed by atoms with Gasteiger partial charge in [0.2, 0.25) is 0 Å². The van der Waals surface area contributed by atoms with Gasteiger partial charge >= 0.3 is 6.18 Å². The van der Waals surface area contributed by atoms with Gasteiger partial charge in [-0.3, -0.25) is 9.52 Å². The number of alkyl halides is 3. The van der Waals surface area contributed by atoms with Crippen LogP contribution in [-0.4, -0.2) is 20.4 Å². The third kappa shape index (κ3) is 3.96. The molecule has 1 aliphatic heterocycles. The highest BCUT2D eigenvalue weighted by atomic mass is 35.5. The van der Waals surface area contributed by atoms with Gasteiger partial charge in [-0.05, 0) is 43.3 Å². The number of halogens is 4. The molecule has 1 amide bonds. The summed E-state index contributed by atoms with van der Waals surface area (Å²) in [5.41, 5.74) is -0.978. The van der Waals surface area contributed by atoms with Crippen molar-refractivity contribution >= 4 is 38.9 Å². The average Bonchev–Trinajstić information content (AvgIpc) is 2.55. The summed E-state index contributed by atoms with van der Waals surface area (Å²) >= 11 is 5.51. The largest absolute Gasteiger partial charge is 0.479 e. The molecule has 0 spiro atoms. The molecular formula is C16H12ClF3N2O4S. The fourth-order valence-electron chi connectivity index (χ4n) is 2.38. The number of fused-ring (bicyclic) bond motifs is 1. The minimum atomic E-state index is -4.80. The Morgan fingerprint density at radius 1 is 1.19 bits per heavy atom. The second kappa shape index (κ2) is 6.61. The van der Waals surface area contributed by atoms with Crippen molar-refractivity contribution in [3.05, 3.63) is 47.0 Å². The molecule has 0 bridgehead atoms. The molecule has 2 N–H and O–H groups in total. The highest BCUT2D eigenvalue weighted by Crippen LogP contribution is 2.37. The Labute approximate surface area is 157 Å². The molecule has 0 aliphatic carbocycles. The summed E-state index contributed by atoms with van der Waals surface area (Å²) in [5, 5.41) is 1.94. The first-order valence-electron chi connectivity index (χ1n) is 7.48. The summed E-state index contributed by atoms with van der Waals surface area (Å²) < 4.78 is 71.2. The SMILES string of the molecule is CC1Oc2ccc(NS(=O)(=O)c3ccc(Cl)c(C(F)(F)F)c3)cc2NC1=O. The maximum atomic E-state index is 12.9. The van der Waals surface area contributed by atoms with Crippen LogP contribution in [0, 0.1) is 0 Å². The number of hydrogen-bond acceptors (Lipinski definition) is 4. The lowest BCUT2D eigenvalue weighted by Gasteiger charge is -2.23. The van der Waals surface area contributed by atoms with E-state index in [1.807, 2.05) is 0 Å². The van der Waals surface area contributed by atoms with Crippen LogP contribution in [-0.2, 0) is 21.0 Å². The number of amides is 1. The Balaban J connectivity index is 1.92. The molecule has 144 valence electrons. The van der Waals surface area contributed by atoms with Crippen molar-refractivity contribution in [3.8, 4) is 5.75 Å². The molecule has 3 rings (SSSR count). The molecular weight excluding hydrogens is 409 g/mol. The van der Waals surface area contributed by atoms with Gasteiger partial charge in [0.15, 0.2) is 6.10 Å². The molecule has 1 atom stereocenters. The van der Waals surface area contributed by atoms with E-state index < -0.39 is 43.7 Å². The molecule has 0 aromatic heterocycles. The molecule has 6 nitrogen and oxygen atoms in total. The molecule has 11 heteroatoms. The van der Waals surface area contributed by atoms with Crippen molar-refractivity contribution in [1.29, 1.82) is 0 Å². The van der Waals surface area contributed by atoms with E-state index in [0.717, 1.165) is 12.1 Å². The number of benzene rings is 2. The lowest BCUT2D eigenvalue weighted by Crippen LogP contribution is -2.34. The maximum Gasteiger partial charge on any atom is 0.417 e. The van der Waals surface area contributed by atoms with Gasteiger partial charge in [0.25, 0.3) is 15.9 Å². The highest BCUT2D eigenvalue weighted by Gasteiger charge is 2.34. The second-order valence-electron chi connectivity index (χ2n) is 5.71. The number of carbonyl (C=O) groups excluding carboxylic acids is 1. The van der Waals surface area contributed by atoms with Crippen molar-refractivity contribution in [1.82, 2.24) is 0 Å². The van der Waals surface area contributed by atoms with Crippen LogP contribution in [0.2, 0.25) is 5.02 Å². The molecule has 0 saturated carbocycles. The summed E-state index contributed by atoms with van der Waals surface area (Å²) in [7, 11) is -4.33. The molecule has 2 aromatic carbocycles. The topological polar surface area (TPSA) is 84.5 Å². The van der Waals surface area contributed by atoms with Crippen molar-refractivity contribution in [2.24, 2.45) is 0 Å². The van der Waals surface area contributed by atoms with Gasteiger partial charge in [0, 0.05) is 0 Å². The summed E-state index contributed by atoms with van der Waals surface area (Å²) in [6.07, 6.45) is -5.50. The summed E-state index contributed by atoms with van der Waals surface area (Å²) in [4.78, 5) is 11.0. The molecule has 2 aromatic rings. The standard InChI is InChI=1S/C16H12ClF3N2O4S/c1-8-15(23)21-13-6-9(2-5-14(13)26-8)22-27(24,25)10-3-4-12(17)11(7-10)16(18,19)20/h2-8,22H,1H3,(H,21,23). The van der Waals surface area contributed by atoms with Gasteiger partial charge in [0.1, 0.15) is 5.75 Å². The van der Waals surface area contributed by atoms with E-state index in [4.69, 9.17) is 16.3 Å². The van der Waals surface area contributed by atoms with Crippen molar-refractivity contribution in [2.45, 2.75) is 24.1 Å². The van der Waals surface area contributed by atoms with Gasteiger partial charge in [-0.1, -0.05) is 11.6 Å². The lowest BCUT2D eigenvalue weighted by molar-refractivity contribution is -0.137. The molecule has 1 heterocycles. The average molecular weight is 421 g/mol. The fraction of sp³-hybridized carbons (Fsp3) is 0.188. The van der Waals surface area contributed by atoms with Crippen LogP contribution >= 0.6 is 11.6 Å². The number of ether oxygens (including phenoxy) is 1. The van der Waals surface area contributed by atoms with Crippen LogP contribution in [0.4, 0.5) is 24.5 Å². The minimum Gasteiger partial charge on any atom is -0.479 e. The summed E-state index contributed by atoms with van der Waals surface area (Å²) in [6, 6.07) is 6.38. The number of rotatable bonds is 3. The molecule has 0 saturated heterocycles. The highest BCUT2D eigenvalue weighted by molar-refractivity contribution is 7.92. The molecule has 1 aliphatic rings. The van der Waals surface area contributed by atoms with Gasteiger partial charge in [-0.2, -0.15) is 13.2 Å². The Kier molecular flexibility index (Phi) is 4.73. The van der Waals surface area contributed by atoms with Gasteiger partial charge < -0.3 is 10.1 Å². The van der Waals surface area contributed by atoms with Crippen LogP contribution in [0.25, 0.3) is 0 Å². The van der Waals surface area contributed by atoms with Crippen LogP contribution in [0.5, 0.6) is 5.75 Å². The van der Waals surface area contributed by atoms with Gasteiger partial charge in [-0.15, -0.1) is 0 Å². The molecule has 0 radical (unpaired) electrons. The number of hydrogen-bond donors (Lipinski definition) is 2. The molecule has 1 unspecified atom stereocenters. The molecule has 0 fully saturated rings. The third-order valence-electron chi connectivity index (χ3n) is 3.72. The first-order valence-corrected chi connectivity index (χ1v) is 9.34. The predicted octanol–water partition coefficient (Wildman–Crippen LogP) is 3.88. The van der Waals surface area contributed by atoms with Gasteiger partial charge in [-0.25, -0.2) is 8.42 Å². The lowest BCUT2D eigenvalue weighted by atomic mass is 10.2. The monoisotopic (exact) mass is 420 g/mol. The Morgan fingerprint density at radius 2 is 1.89 bits per heavy atom. The fourth-order valence-corrected chi connectivity index (χ4v) is 3.68. The van der Waals surface area contributed by atoms with Gasteiger partial charge in [0.05, 0.1) is 26.9 Å². The van der Waals surface area contributed by atoms with E-state index in [1.54, 1.807) is 6.92 Å². The zero-order valence-electron chi connectivity index (χ0n) is 13.6. The van der Waals surface area contributed by atoms with E-state index in [2.05, 4.69) is 10.0 Å². The Morgan fingerprint density at radius 3 is 2.56 bits per heavy atom. The summed E-state index contributed by atoms with van der Waals surface area (Å²) in [5.74, 6) is -0.0640. The first-order chi connectivity index (χ1) is 12.5. The van der Waals surface area contributed by atoms with E-state index >= 15 is 0 Å². The number of sulfonamides is 1. The van der Waals surface area contributed by atoms with Crippen LogP contribution in [0.15, 0.2) is 41.3 Å². The van der Waals surface area contributed by atoms with E-state index in [0.29, 0.717) is 11.8 Å². The second-order valence-corrected chi connectivity index (χ2v) is 7.79. The first kappa shape index (κ1) is 19.3. The number of anilines is 2. The van der Waals surface area contributed by atoms with Crippen LogP contribution < -0.4 is 14.8 Å². The quantitative estimate of drug-likeness (QED) is 0.789. The van der Waals surface area contributed by atoms with Crippen LogP contribution in [0.1, 0.15) is 12.5 Å². The molecule has 27 heavy (non-hydrogen) atoms. The van der Waals surface area contributed by atoms with E-state index in [1.165, 1.54) is 18.2 Å². The van der Waals surface area contributed by atoms with E-state index in [-0.39, 0.29) is 11.4 Å². The zero-order chi connectivity index (χ0) is 20.0. The van der Waals surface area contributed by atoms with Crippen LogP contribution in [0.3, 0.4) is 0 Å². The number of carbonyl (C=O) groups is 1. The zero-order valence-corrected chi connectivity index (χ0v) is 15.2. The third-order valence-corrected chi connectivity index (χ3v) is 5.42. The Bertz CT molecular complexity index is 1020. The Hall–Kier alpha value is -2.46. The predicted molar refractivity (Wildman–Crippen MR) is 92.4 cm³/mol. The van der Waals surface area contributed by atoms with Crippen molar-refractivity contribution < 1.29 is 31.1 Å². The minimum absolute atomic E-state index is 0.0377. The van der Waals surface area contributed by atoms with E-state index in [9.17, 15) is 26.4 Å².